The van der Waals surface area contributed by atoms with Crippen LogP contribution < -0.4 is 4.90 Å². The van der Waals surface area contributed by atoms with Crippen molar-refractivity contribution in [1.82, 2.24) is 24.5 Å². The lowest BCUT2D eigenvalue weighted by atomic mass is 9.84. The van der Waals surface area contributed by atoms with Gasteiger partial charge in [-0.2, -0.15) is 0 Å². The van der Waals surface area contributed by atoms with Crippen LogP contribution in [0, 0.1) is 5.92 Å². The molecule has 4 heterocycles. The molecule has 0 unspecified atom stereocenters. The molecule has 2 aliphatic rings. The normalized spacial score (nSPS) is 17.7. The van der Waals surface area contributed by atoms with Gasteiger partial charge in [0.05, 0.1) is 10.4 Å². The Kier molecular flexibility index (Phi) is 4.99. The van der Waals surface area contributed by atoms with Gasteiger partial charge in [-0.05, 0) is 48.9 Å². The highest BCUT2D eigenvalue weighted by Gasteiger charge is 2.31. The summed E-state index contributed by atoms with van der Waals surface area (Å²) in [5.74, 6) is 2.16. The predicted molar refractivity (Wildman–Crippen MR) is 127 cm³/mol. The Morgan fingerprint density at radius 2 is 1.97 bits per heavy atom. The fraction of sp³-hybridized carbons (Fsp3) is 0.391. The van der Waals surface area contributed by atoms with Crippen LogP contribution in [0.5, 0.6) is 0 Å². The summed E-state index contributed by atoms with van der Waals surface area (Å²) in [6, 6.07) is 9.77. The Hall–Kier alpha value is -2.71. The second-order valence-corrected chi connectivity index (χ2v) is 9.91. The van der Waals surface area contributed by atoms with Crippen LogP contribution in [0.1, 0.15) is 25.7 Å². The predicted octanol–water partition coefficient (Wildman–Crippen LogP) is 4.50. The SMILES string of the molecule is O=C(C1CCC1)N1CCCN(c2nc3cc(Cl)ccc3c3nnc(-c4cccs4)n23)CC1. The summed E-state index contributed by atoms with van der Waals surface area (Å²) in [7, 11) is 0. The Morgan fingerprint density at radius 1 is 1.06 bits per heavy atom. The first-order chi connectivity index (χ1) is 15.7. The Morgan fingerprint density at radius 3 is 2.75 bits per heavy atom. The summed E-state index contributed by atoms with van der Waals surface area (Å²) in [6.07, 6.45) is 4.16. The number of anilines is 1. The molecule has 7 nitrogen and oxygen atoms in total. The van der Waals surface area contributed by atoms with Crippen molar-refractivity contribution in [3.8, 4) is 10.7 Å². The fourth-order valence-corrected chi connectivity index (χ4v) is 5.49. The summed E-state index contributed by atoms with van der Waals surface area (Å²) < 4.78 is 2.06. The van der Waals surface area contributed by atoms with Crippen LogP contribution in [-0.4, -0.2) is 56.6 Å². The van der Waals surface area contributed by atoms with Gasteiger partial charge < -0.3 is 9.80 Å². The Bertz CT molecular complexity index is 1300. The lowest BCUT2D eigenvalue weighted by molar-refractivity contribution is -0.137. The summed E-state index contributed by atoms with van der Waals surface area (Å²) in [4.78, 5) is 23.2. The van der Waals surface area contributed by atoms with E-state index in [1.54, 1.807) is 11.3 Å². The van der Waals surface area contributed by atoms with Crippen LogP contribution in [0.3, 0.4) is 0 Å². The number of benzene rings is 1. The highest BCUT2D eigenvalue weighted by molar-refractivity contribution is 7.13. The number of thiophene rings is 1. The molecule has 1 aromatic carbocycles. The maximum Gasteiger partial charge on any atom is 0.225 e. The van der Waals surface area contributed by atoms with Gasteiger partial charge in [-0.3, -0.25) is 4.79 Å². The largest absolute Gasteiger partial charge is 0.341 e. The minimum atomic E-state index is 0.234. The molecule has 0 N–H and O–H groups in total. The maximum absolute atomic E-state index is 12.8. The first-order valence-electron chi connectivity index (χ1n) is 11.1. The zero-order valence-corrected chi connectivity index (χ0v) is 19.1. The first-order valence-corrected chi connectivity index (χ1v) is 12.4. The maximum atomic E-state index is 12.8. The van der Waals surface area contributed by atoms with Crippen LogP contribution >= 0.6 is 22.9 Å². The Labute approximate surface area is 194 Å². The quantitative estimate of drug-likeness (QED) is 0.444. The average molecular weight is 467 g/mol. The number of amides is 1. The van der Waals surface area contributed by atoms with Gasteiger partial charge in [0.15, 0.2) is 11.5 Å². The second-order valence-electron chi connectivity index (χ2n) is 8.53. The number of hydrogen-bond donors (Lipinski definition) is 0. The lowest BCUT2D eigenvalue weighted by Crippen LogP contribution is -2.41. The van der Waals surface area contributed by atoms with Crippen molar-refractivity contribution in [3.05, 3.63) is 40.7 Å². The van der Waals surface area contributed by atoms with Crippen LogP contribution in [0.4, 0.5) is 5.95 Å². The molecule has 32 heavy (non-hydrogen) atoms. The van der Waals surface area contributed by atoms with E-state index < -0.39 is 0 Å². The third kappa shape index (κ3) is 3.33. The smallest absolute Gasteiger partial charge is 0.225 e. The highest BCUT2D eigenvalue weighted by Crippen LogP contribution is 2.32. The molecule has 1 saturated heterocycles. The van der Waals surface area contributed by atoms with E-state index in [1.807, 2.05) is 34.5 Å². The number of fused-ring (bicyclic) bond motifs is 3. The van der Waals surface area contributed by atoms with E-state index in [4.69, 9.17) is 16.6 Å². The van der Waals surface area contributed by atoms with Gasteiger partial charge >= 0.3 is 0 Å². The molecule has 0 spiro atoms. The number of carbonyl (C=O) groups is 1. The van der Waals surface area contributed by atoms with Crippen LogP contribution in [0.25, 0.3) is 27.3 Å². The van der Waals surface area contributed by atoms with Gasteiger partial charge in [0, 0.05) is 42.5 Å². The van der Waals surface area contributed by atoms with E-state index in [9.17, 15) is 4.79 Å². The van der Waals surface area contributed by atoms with Gasteiger partial charge in [0.25, 0.3) is 0 Å². The molecule has 6 rings (SSSR count). The topological polar surface area (TPSA) is 66.6 Å². The van der Waals surface area contributed by atoms with Crippen LogP contribution in [0.2, 0.25) is 5.02 Å². The van der Waals surface area contributed by atoms with Crippen molar-refractivity contribution >= 4 is 51.3 Å². The number of halogens is 1. The van der Waals surface area contributed by atoms with E-state index in [0.717, 1.165) is 72.1 Å². The molecule has 9 heteroatoms. The van der Waals surface area contributed by atoms with Gasteiger partial charge in [-0.1, -0.05) is 24.1 Å². The van der Waals surface area contributed by atoms with Crippen molar-refractivity contribution in [2.24, 2.45) is 5.92 Å². The third-order valence-electron chi connectivity index (χ3n) is 6.57. The van der Waals surface area contributed by atoms with Gasteiger partial charge in [0.2, 0.25) is 11.9 Å². The van der Waals surface area contributed by atoms with Gasteiger partial charge in [-0.25, -0.2) is 9.38 Å². The van der Waals surface area contributed by atoms with E-state index in [1.165, 1.54) is 6.42 Å². The molecule has 1 aliphatic heterocycles. The summed E-state index contributed by atoms with van der Waals surface area (Å²) in [5, 5.41) is 12.7. The minimum absolute atomic E-state index is 0.234. The standard InChI is InChI=1S/C23H23ClN6OS/c24-16-7-8-17-18(14-16)25-23(30-20(17)26-27-21(30)19-6-2-13-32-19)29-10-3-9-28(11-12-29)22(31)15-4-1-5-15/h2,6-8,13-15H,1,3-5,9-12H2. The number of aromatic nitrogens is 4. The number of rotatable bonds is 3. The average Bonchev–Trinajstić information content (AvgIpc) is 3.36. The molecule has 0 radical (unpaired) electrons. The zero-order chi connectivity index (χ0) is 21.7. The monoisotopic (exact) mass is 466 g/mol. The van der Waals surface area contributed by atoms with E-state index in [0.29, 0.717) is 17.5 Å². The highest BCUT2D eigenvalue weighted by atomic mass is 35.5. The van der Waals surface area contributed by atoms with Gasteiger partial charge in [0.1, 0.15) is 0 Å². The van der Waals surface area contributed by atoms with E-state index in [2.05, 4.69) is 25.6 Å². The first kappa shape index (κ1) is 19.9. The van der Waals surface area contributed by atoms with Crippen LogP contribution in [-0.2, 0) is 4.79 Å². The van der Waals surface area contributed by atoms with Crippen molar-refractivity contribution in [2.75, 3.05) is 31.1 Å². The molecular weight excluding hydrogens is 444 g/mol. The van der Waals surface area contributed by atoms with Crippen molar-refractivity contribution in [3.63, 3.8) is 0 Å². The molecule has 3 aromatic heterocycles. The molecule has 164 valence electrons. The molecular formula is C23H23ClN6OS. The molecule has 1 aliphatic carbocycles. The molecule has 1 saturated carbocycles. The number of hydrogen-bond acceptors (Lipinski definition) is 6. The summed E-state index contributed by atoms with van der Waals surface area (Å²) in [6.45, 7) is 3.07. The van der Waals surface area contributed by atoms with Crippen LogP contribution in [0.15, 0.2) is 35.7 Å². The molecule has 2 fully saturated rings. The van der Waals surface area contributed by atoms with E-state index >= 15 is 0 Å². The lowest BCUT2D eigenvalue weighted by Gasteiger charge is -2.31. The third-order valence-corrected chi connectivity index (χ3v) is 7.67. The van der Waals surface area contributed by atoms with E-state index in [-0.39, 0.29) is 5.92 Å². The molecule has 0 bridgehead atoms. The molecule has 0 atom stereocenters. The fourth-order valence-electron chi connectivity index (χ4n) is 4.62. The van der Waals surface area contributed by atoms with Crippen molar-refractivity contribution in [1.29, 1.82) is 0 Å². The number of nitrogens with zero attached hydrogens (tertiary/aromatic N) is 6. The van der Waals surface area contributed by atoms with Crippen molar-refractivity contribution in [2.45, 2.75) is 25.7 Å². The summed E-state index contributed by atoms with van der Waals surface area (Å²) in [5.41, 5.74) is 1.58. The number of carbonyl (C=O) groups excluding carboxylic acids is 1. The Balaban J connectivity index is 1.44. The second kappa shape index (κ2) is 8.01. The van der Waals surface area contributed by atoms with Gasteiger partial charge in [-0.15, -0.1) is 21.5 Å². The minimum Gasteiger partial charge on any atom is -0.341 e. The van der Waals surface area contributed by atoms with Crippen molar-refractivity contribution < 1.29 is 4.79 Å². The zero-order valence-electron chi connectivity index (χ0n) is 17.6. The molecule has 1 amide bonds. The molecule has 4 aromatic rings. The summed E-state index contributed by atoms with van der Waals surface area (Å²) >= 11 is 7.92.